The SMILES string of the molecule is Cc1cc(C)c(C(N)c2cnc3ccccc3n2)c(F)c1. The maximum absolute atomic E-state index is 14.2. The summed E-state index contributed by atoms with van der Waals surface area (Å²) in [6, 6.07) is 10.3. The summed E-state index contributed by atoms with van der Waals surface area (Å²) in [7, 11) is 0. The van der Waals surface area contributed by atoms with Crippen molar-refractivity contribution in [3.63, 3.8) is 0 Å². The van der Waals surface area contributed by atoms with Crippen LogP contribution >= 0.6 is 0 Å². The Morgan fingerprint density at radius 1 is 1.10 bits per heavy atom. The molecular weight excluding hydrogens is 265 g/mol. The number of nitrogens with two attached hydrogens (primary N) is 1. The van der Waals surface area contributed by atoms with Crippen molar-refractivity contribution in [1.29, 1.82) is 0 Å². The summed E-state index contributed by atoms with van der Waals surface area (Å²) in [4.78, 5) is 8.84. The molecule has 1 unspecified atom stereocenters. The molecule has 0 aliphatic rings. The predicted molar refractivity (Wildman–Crippen MR) is 81.4 cm³/mol. The van der Waals surface area contributed by atoms with Gasteiger partial charge < -0.3 is 5.73 Å². The van der Waals surface area contributed by atoms with Gasteiger partial charge in [-0.2, -0.15) is 0 Å². The van der Waals surface area contributed by atoms with Gasteiger partial charge in [-0.05, 0) is 43.2 Å². The van der Waals surface area contributed by atoms with Crippen molar-refractivity contribution in [2.75, 3.05) is 0 Å². The Bertz CT molecular complexity index is 791. The van der Waals surface area contributed by atoms with Gasteiger partial charge in [0, 0.05) is 5.56 Å². The van der Waals surface area contributed by atoms with E-state index < -0.39 is 6.04 Å². The van der Waals surface area contributed by atoms with Gasteiger partial charge >= 0.3 is 0 Å². The molecule has 0 aliphatic carbocycles. The molecule has 21 heavy (non-hydrogen) atoms. The van der Waals surface area contributed by atoms with Crippen LogP contribution in [0.2, 0.25) is 0 Å². The van der Waals surface area contributed by atoms with E-state index in [1.165, 1.54) is 6.07 Å². The maximum Gasteiger partial charge on any atom is 0.128 e. The van der Waals surface area contributed by atoms with Crippen LogP contribution in [0.5, 0.6) is 0 Å². The first-order valence-electron chi connectivity index (χ1n) is 6.80. The third kappa shape index (κ3) is 2.50. The number of para-hydroxylation sites is 2. The lowest BCUT2D eigenvalue weighted by atomic mass is 9.97. The summed E-state index contributed by atoms with van der Waals surface area (Å²) in [5.74, 6) is -0.296. The van der Waals surface area contributed by atoms with E-state index >= 15 is 0 Å². The number of halogens is 1. The monoisotopic (exact) mass is 281 g/mol. The number of nitrogens with zero attached hydrogens (tertiary/aromatic N) is 2. The zero-order chi connectivity index (χ0) is 15.0. The van der Waals surface area contributed by atoms with Gasteiger partial charge in [0.2, 0.25) is 0 Å². The second-order valence-electron chi connectivity index (χ2n) is 5.24. The third-order valence-corrected chi connectivity index (χ3v) is 3.58. The summed E-state index contributed by atoms with van der Waals surface area (Å²) in [5.41, 5.74) is 10.5. The quantitative estimate of drug-likeness (QED) is 0.783. The molecule has 1 aromatic heterocycles. The molecular formula is C17H16FN3. The van der Waals surface area contributed by atoms with Gasteiger partial charge in [0.15, 0.2) is 0 Å². The molecule has 1 heterocycles. The molecule has 0 spiro atoms. The van der Waals surface area contributed by atoms with E-state index in [-0.39, 0.29) is 5.82 Å². The molecule has 0 fully saturated rings. The van der Waals surface area contributed by atoms with Crippen LogP contribution in [0.3, 0.4) is 0 Å². The molecule has 2 aromatic carbocycles. The van der Waals surface area contributed by atoms with Crippen LogP contribution in [0.15, 0.2) is 42.6 Å². The van der Waals surface area contributed by atoms with Crippen LogP contribution in [0.25, 0.3) is 11.0 Å². The van der Waals surface area contributed by atoms with Crippen LogP contribution in [0.4, 0.5) is 4.39 Å². The summed E-state index contributed by atoms with van der Waals surface area (Å²) in [6.07, 6.45) is 1.62. The second kappa shape index (κ2) is 5.22. The van der Waals surface area contributed by atoms with Crippen LogP contribution in [0, 0.1) is 19.7 Å². The Balaban J connectivity index is 2.10. The molecule has 0 aliphatic heterocycles. The number of aromatic nitrogens is 2. The highest BCUT2D eigenvalue weighted by molar-refractivity contribution is 5.73. The van der Waals surface area contributed by atoms with Crippen LogP contribution < -0.4 is 5.73 Å². The van der Waals surface area contributed by atoms with Gasteiger partial charge in [0.1, 0.15) is 5.82 Å². The average molecular weight is 281 g/mol. The van der Waals surface area contributed by atoms with Crippen molar-refractivity contribution in [2.45, 2.75) is 19.9 Å². The number of fused-ring (bicyclic) bond motifs is 1. The van der Waals surface area contributed by atoms with Gasteiger partial charge in [-0.3, -0.25) is 4.98 Å². The predicted octanol–water partition coefficient (Wildman–Crippen LogP) is 3.43. The fraction of sp³-hybridized carbons (Fsp3) is 0.176. The average Bonchev–Trinajstić information content (AvgIpc) is 2.45. The summed E-state index contributed by atoms with van der Waals surface area (Å²) < 4.78 is 14.2. The first kappa shape index (κ1) is 13.6. The van der Waals surface area contributed by atoms with Gasteiger partial charge in [-0.15, -0.1) is 0 Å². The molecule has 4 heteroatoms. The normalized spacial score (nSPS) is 12.6. The van der Waals surface area contributed by atoms with E-state index in [0.29, 0.717) is 11.3 Å². The molecule has 2 N–H and O–H groups in total. The Kier molecular flexibility index (Phi) is 3.39. The van der Waals surface area contributed by atoms with E-state index in [4.69, 9.17) is 5.73 Å². The van der Waals surface area contributed by atoms with Gasteiger partial charge in [-0.1, -0.05) is 18.2 Å². The molecule has 0 saturated carbocycles. The fourth-order valence-electron chi connectivity index (χ4n) is 2.59. The van der Waals surface area contributed by atoms with Gasteiger partial charge in [-0.25, -0.2) is 9.37 Å². The maximum atomic E-state index is 14.2. The number of aryl methyl sites for hydroxylation is 2. The minimum Gasteiger partial charge on any atom is -0.319 e. The van der Waals surface area contributed by atoms with Crippen molar-refractivity contribution in [2.24, 2.45) is 5.73 Å². The lowest BCUT2D eigenvalue weighted by Crippen LogP contribution is -2.17. The number of hydrogen-bond donors (Lipinski definition) is 1. The van der Waals surface area contributed by atoms with Crippen molar-refractivity contribution in [3.05, 3.63) is 70.8 Å². The van der Waals surface area contributed by atoms with E-state index in [0.717, 1.165) is 22.2 Å². The highest BCUT2D eigenvalue weighted by Gasteiger charge is 2.18. The Morgan fingerprint density at radius 2 is 1.81 bits per heavy atom. The summed E-state index contributed by atoms with van der Waals surface area (Å²) in [6.45, 7) is 3.72. The first-order chi connectivity index (χ1) is 10.1. The standard InChI is InChI=1S/C17H16FN3/c1-10-7-11(2)16(12(18)8-10)17(19)15-9-20-13-5-3-4-6-14(13)21-15/h3-9,17H,19H2,1-2H3. The lowest BCUT2D eigenvalue weighted by molar-refractivity contribution is 0.593. The highest BCUT2D eigenvalue weighted by Crippen LogP contribution is 2.26. The zero-order valence-corrected chi connectivity index (χ0v) is 12.0. The first-order valence-corrected chi connectivity index (χ1v) is 6.80. The molecule has 0 radical (unpaired) electrons. The Labute approximate surface area is 122 Å². The van der Waals surface area contributed by atoms with Crippen molar-refractivity contribution in [1.82, 2.24) is 9.97 Å². The van der Waals surface area contributed by atoms with E-state index in [1.54, 1.807) is 6.20 Å². The fourth-order valence-corrected chi connectivity index (χ4v) is 2.59. The Hall–Kier alpha value is -2.33. The van der Waals surface area contributed by atoms with Crippen molar-refractivity contribution >= 4 is 11.0 Å². The molecule has 0 bridgehead atoms. The topological polar surface area (TPSA) is 51.8 Å². The van der Waals surface area contributed by atoms with Crippen molar-refractivity contribution in [3.8, 4) is 0 Å². The van der Waals surface area contributed by atoms with E-state index in [9.17, 15) is 4.39 Å². The smallest absolute Gasteiger partial charge is 0.128 e. The summed E-state index contributed by atoms with van der Waals surface area (Å²) in [5, 5.41) is 0. The third-order valence-electron chi connectivity index (χ3n) is 3.58. The largest absolute Gasteiger partial charge is 0.319 e. The minimum absolute atomic E-state index is 0.296. The Morgan fingerprint density at radius 3 is 2.52 bits per heavy atom. The molecule has 3 aromatic rings. The minimum atomic E-state index is -0.622. The highest BCUT2D eigenvalue weighted by atomic mass is 19.1. The number of hydrogen-bond acceptors (Lipinski definition) is 3. The number of benzene rings is 2. The van der Waals surface area contributed by atoms with E-state index in [1.807, 2.05) is 44.2 Å². The molecule has 3 rings (SSSR count). The van der Waals surface area contributed by atoms with Crippen molar-refractivity contribution < 1.29 is 4.39 Å². The van der Waals surface area contributed by atoms with Gasteiger partial charge in [0.25, 0.3) is 0 Å². The van der Waals surface area contributed by atoms with Gasteiger partial charge in [0.05, 0.1) is 29.0 Å². The molecule has 0 saturated heterocycles. The molecule has 3 nitrogen and oxygen atoms in total. The van der Waals surface area contributed by atoms with Crippen LogP contribution in [0.1, 0.15) is 28.4 Å². The lowest BCUT2D eigenvalue weighted by Gasteiger charge is -2.16. The molecule has 1 atom stereocenters. The second-order valence-corrected chi connectivity index (χ2v) is 5.24. The van der Waals surface area contributed by atoms with E-state index in [2.05, 4.69) is 9.97 Å². The number of rotatable bonds is 2. The van der Waals surface area contributed by atoms with Crippen LogP contribution in [-0.4, -0.2) is 9.97 Å². The summed E-state index contributed by atoms with van der Waals surface area (Å²) >= 11 is 0. The van der Waals surface area contributed by atoms with Crippen LogP contribution in [-0.2, 0) is 0 Å². The molecule has 0 amide bonds. The zero-order valence-electron chi connectivity index (χ0n) is 12.0. The molecule has 106 valence electrons.